The molecular formula is C25H26ClFN6O4S. The molecule has 0 spiro atoms. The van der Waals surface area contributed by atoms with E-state index >= 15 is 0 Å². The lowest BCUT2D eigenvalue weighted by Gasteiger charge is -2.32. The van der Waals surface area contributed by atoms with Gasteiger partial charge in [0.05, 0.1) is 30.0 Å². The number of hydrogen-bond acceptors (Lipinski definition) is 10. The first-order valence-corrected chi connectivity index (χ1v) is 14.2. The summed E-state index contributed by atoms with van der Waals surface area (Å²) in [6, 6.07) is 4.24. The predicted octanol–water partition coefficient (Wildman–Crippen LogP) is 3.62. The summed E-state index contributed by atoms with van der Waals surface area (Å²) in [5, 5.41) is 3.48. The maximum atomic E-state index is 14.7. The number of piperidine rings is 1. The van der Waals surface area contributed by atoms with E-state index in [1.165, 1.54) is 19.2 Å². The molecule has 13 heteroatoms. The highest BCUT2D eigenvalue weighted by atomic mass is 35.5. The lowest BCUT2D eigenvalue weighted by atomic mass is 9.96. The number of fused-ring (bicyclic) bond motifs is 1. The summed E-state index contributed by atoms with van der Waals surface area (Å²) in [5.74, 6) is 0.275. The van der Waals surface area contributed by atoms with E-state index in [0.29, 0.717) is 48.3 Å². The number of carbonyl (C=O) groups excluding carboxylic acids is 1. The molecule has 1 saturated heterocycles. The minimum atomic E-state index is -3.61. The minimum Gasteiger partial charge on any atom is -0.469 e. The molecule has 0 unspecified atom stereocenters. The van der Waals surface area contributed by atoms with Gasteiger partial charge in [0.25, 0.3) is 0 Å². The van der Waals surface area contributed by atoms with Crippen molar-refractivity contribution in [2.45, 2.75) is 42.9 Å². The molecule has 38 heavy (non-hydrogen) atoms. The number of methoxy groups -OCH3 is 1. The molecular weight excluding hydrogens is 535 g/mol. The Kier molecular flexibility index (Phi) is 7.44. The van der Waals surface area contributed by atoms with Crippen LogP contribution in [0.25, 0.3) is 0 Å². The first-order valence-electron chi connectivity index (χ1n) is 12.2. The molecule has 200 valence electrons. The van der Waals surface area contributed by atoms with Crippen LogP contribution in [0.2, 0.25) is 5.02 Å². The molecule has 0 bridgehead atoms. The van der Waals surface area contributed by atoms with Gasteiger partial charge in [0.2, 0.25) is 5.95 Å². The molecule has 0 radical (unpaired) electrons. The quantitative estimate of drug-likeness (QED) is 0.446. The molecule has 1 fully saturated rings. The average molecular weight is 561 g/mol. The summed E-state index contributed by atoms with van der Waals surface area (Å²) in [7, 11) is -2.38. The van der Waals surface area contributed by atoms with Crippen LogP contribution >= 0.6 is 11.6 Å². The Morgan fingerprint density at radius 1 is 1.21 bits per heavy atom. The summed E-state index contributed by atoms with van der Waals surface area (Å²) < 4.78 is 45.3. The van der Waals surface area contributed by atoms with E-state index < -0.39 is 21.6 Å². The highest BCUT2D eigenvalue weighted by Gasteiger charge is 2.32. The third-order valence-electron chi connectivity index (χ3n) is 6.72. The molecule has 2 aliphatic rings. The number of anilines is 3. The number of rotatable bonds is 6. The number of hydrogen-bond donors (Lipinski definition) is 1. The number of aryl methyl sites for hydroxylation is 1. The van der Waals surface area contributed by atoms with Gasteiger partial charge < -0.3 is 15.0 Å². The Morgan fingerprint density at radius 2 is 1.95 bits per heavy atom. The highest BCUT2D eigenvalue weighted by molar-refractivity contribution is 7.91. The topological polar surface area (TPSA) is 127 Å². The van der Waals surface area contributed by atoms with E-state index in [0.717, 1.165) is 18.7 Å². The second kappa shape index (κ2) is 10.8. The van der Waals surface area contributed by atoms with Crippen molar-refractivity contribution in [2.75, 3.05) is 36.2 Å². The second-order valence-electron chi connectivity index (χ2n) is 9.28. The van der Waals surface area contributed by atoms with E-state index in [2.05, 4.69) is 30.0 Å². The minimum absolute atomic E-state index is 0.00367. The van der Waals surface area contributed by atoms with Crippen LogP contribution in [0.4, 0.5) is 21.8 Å². The van der Waals surface area contributed by atoms with Crippen LogP contribution in [0.1, 0.15) is 42.3 Å². The van der Waals surface area contributed by atoms with Crippen LogP contribution in [-0.4, -0.2) is 60.3 Å². The Balaban J connectivity index is 1.42. The summed E-state index contributed by atoms with van der Waals surface area (Å²) in [6.45, 7) is 1.27. The normalized spacial score (nSPS) is 17.1. The Hall–Kier alpha value is -3.38. The maximum Gasteiger partial charge on any atom is 0.310 e. The van der Waals surface area contributed by atoms with E-state index in [1.54, 1.807) is 18.5 Å². The Bertz CT molecular complexity index is 1460. The fraction of sp³-hybridized carbons (Fsp3) is 0.400. The van der Waals surface area contributed by atoms with Crippen LogP contribution in [-0.2, 0) is 32.2 Å². The number of benzene rings is 1. The summed E-state index contributed by atoms with van der Waals surface area (Å²) >= 11 is 5.91. The van der Waals surface area contributed by atoms with Crippen molar-refractivity contribution < 1.29 is 22.3 Å². The van der Waals surface area contributed by atoms with Gasteiger partial charge in [-0.15, -0.1) is 0 Å². The summed E-state index contributed by atoms with van der Waals surface area (Å²) in [4.78, 5) is 31.5. The first-order chi connectivity index (χ1) is 18.2. The van der Waals surface area contributed by atoms with Gasteiger partial charge in [-0.05, 0) is 43.4 Å². The number of halogens is 2. The number of nitrogens with zero attached hydrogens (tertiary/aromatic N) is 5. The predicted molar refractivity (Wildman–Crippen MR) is 139 cm³/mol. The molecule has 2 aromatic heterocycles. The molecule has 4 heterocycles. The molecule has 0 amide bonds. The van der Waals surface area contributed by atoms with Crippen molar-refractivity contribution in [3.05, 3.63) is 58.5 Å². The average Bonchev–Trinajstić information content (AvgIpc) is 2.90. The monoisotopic (exact) mass is 560 g/mol. The van der Waals surface area contributed by atoms with Gasteiger partial charge in [0, 0.05) is 37.1 Å². The lowest BCUT2D eigenvalue weighted by Crippen LogP contribution is -2.35. The summed E-state index contributed by atoms with van der Waals surface area (Å²) in [6.07, 6.45) is 5.49. The number of ether oxygens (including phenoxy) is 1. The molecule has 0 saturated carbocycles. The van der Waals surface area contributed by atoms with Crippen LogP contribution in [0, 0.1) is 5.82 Å². The fourth-order valence-corrected chi connectivity index (χ4v) is 6.47. The molecule has 1 aromatic carbocycles. The van der Waals surface area contributed by atoms with Crippen molar-refractivity contribution in [2.24, 2.45) is 0 Å². The third kappa shape index (κ3) is 5.56. The number of sulfone groups is 1. The van der Waals surface area contributed by atoms with E-state index in [-0.39, 0.29) is 34.4 Å². The molecule has 3 aromatic rings. The zero-order chi connectivity index (χ0) is 26.9. The van der Waals surface area contributed by atoms with Gasteiger partial charge >= 0.3 is 5.97 Å². The molecule has 0 atom stereocenters. The lowest BCUT2D eigenvalue weighted by molar-refractivity contribution is -0.139. The number of esters is 1. The van der Waals surface area contributed by atoms with Gasteiger partial charge in [-0.2, -0.15) is 4.98 Å². The number of carbonyl (C=O) groups is 1. The smallest absolute Gasteiger partial charge is 0.310 e. The van der Waals surface area contributed by atoms with Gasteiger partial charge in [-0.25, -0.2) is 27.8 Å². The first kappa shape index (κ1) is 26.2. The van der Waals surface area contributed by atoms with E-state index in [9.17, 15) is 17.6 Å². The largest absolute Gasteiger partial charge is 0.469 e. The maximum absolute atomic E-state index is 14.7. The number of nitrogens with one attached hydrogen (secondary N) is 1. The zero-order valence-corrected chi connectivity index (χ0v) is 22.2. The third-order valence-corrected chi connectivity index (χ3v) is 8.80. The summed E-state index contributed by atoms with van der Waals surface area (Å²) in [5.41, 5.74) is 0.935. The van der Waals surface area contributed by atoms with Gasteiger partial charge in [0.1, 0.15) is 16.5 Å². The number of aromatic nitrogens is 4. The molecule has 5 rings (SSSR count). The Morgan fingerprint density at radius 3 is 2.63 bits per heavy atom. The van der Waals surface area contributed by atoms with Crippen molar-refractivity contribution in [1.82, 2.24) is 19.9 Å². The van der Waals surface area contributed by atoms with Crippen LogP contribution in [0.3, 0.4) is 0 Å². The van der Waals surface area contributed by atoms with Crippen LogP contribution in [0.5, 0.6) is 0 Å². The highest BCUT2D eigenvalue weighted by Crippen LogP contribution is 2.35. The zero-order valence-electron chi connectivity index (χ0n) is 20.7. The van der Waals surface area contributed by atoms with E-state index in [1.807, 2.05) is 4.90 Å². The standard InChI is InChI=1S/C25H26ClFN6O4S/c1-37-21(34)11-16-4-5-18(12-19(16)27)30-24-22-20(3-2-10-38(22,35)36)31-25(32-24)33-8-6-15(7-9-33)23-28-13-17(26)14-29-23/h4-5,12-15H,2-3,6-11H2,1H3,(H,30,31,32). The second-order valence-corrected chi connectivity index (χ2v) is 11.8. The SMILES string of the molecule is COC(=O)Cc1ccc(Nc2nc(N3CCC(c4ncc(Cl)cn4)CC3)nc3c2S(=O)(=O)CCC3)cc1F. The molecule has 0 aliphatic carbocycles. The van der Waals surface area contributed by atoms with Gasteiger partial charge in [-0.1, -0.05) is 17.7 Å². The van der Waals surface area contributed by atoms with E-state index in [4.69, 9.17) is 11.6 Å². The van der Waals surface area contributed by atoms with Crippen molar-refractivity contribution >= 4 is 44.9 Å². The Labute approximate surface area is 224 Å². The van der Waals surface area contributed by atoms with Crippen molar-refractivity contribution in [1.29, 1.82) is 0 Å². The molecule has 1 N–H and O–H groups in total. The van der Waals surface area contributed by atoms with Gasteiger partial charge in [-0.3, -0.25) is 4.79 Å². The van der Waals surface area contributed by atoms with Crippen molar-refractivity contribution in [3.8, 4) is 0 Å². The van der Waals surface area contributed by atoms with Crippen LogP contribution < -0.4 is 10.2 Å². The fourth-order valence-electron chi connectivity index (χ4n) is 4.74. The van der Waals surface area contributed by atoms with Gasteiger partial charge in [0.15, 0.2) is 15.7 Å². The molecule has 2 aliphatic heterocycles. The van der Waals surface area contributed by atoms with Crippen molar-refractivity contribution in [3.63, 3.8) is 0 Å². The molecule has 10 nitrogen and oxygen atoms in total. The van der Waals surface area contributed by atoms with Crippen LogP contribution in [0.15, 0.2) is 35.5 Å².